The van der Waals surface area contributed by atoms with Crippen molar-refractivity contribution < 1.29 is 13.8 Å². The van der Waals surface area contributed by atoms with Crippen LogP contribution in [-0.4, -0.2) is 33.8 Å². The van der Waals surface area contributed by atoms with Gasteiger partial charge in [-0.25, -0.2) is 0 Å². The third-order valence-corrected chi connectivity index (χ3v) is 3.58. The van der Waals surface area contributed by atoms with Crippen LogP contribution in [0.25, 0.3) is 0 Å². The van der Waals surface area contributed by atoms with Gasteiger partial charge in [-0.05, 0) is 11.8 Å². The zero-order valence-corrected chi connectivity index (χ0v) is 9.79. The Balaban J connectivity index is 3.90. The summed E-state index contributed by atoms with van der Waals surface area (Å²) in [6.07, 6.45) is 0. The van der Waals surface area contributed by atoms with E-state index in [1.54, 1.807) is 7.05 Å². The normalized spacial score (nSPS) is 17.2. The van der Waals surface area contributed by atoms with E-state index in [9.17, 15) is 0 Å². The van der Waals surface area contributed by atoms with Gasteiger partial charge in [0, 0.05) is 14.2 Å². The standard InChI is InChI=1S/C5H12NO3PS2/c1-6-5(7-2)4-9-10(11,12)8-3/h4H2,1-3H3,(H,11,12). The molecule has 0 aromatic carbocycles. The second-order valence-electron chi connectivity index (χ2n) is 1.75. The van der Waals surface area contributed by atoms with Crippen LogP contribution in [0.1, 0.15) is 0 Å². The highest BCUT2D eigenvalue weighted by Gasteiger charge is 2.11. The molecule has 7 heteroatoms. The van der Waals surface area contributed by atoms with E-state index in [1.165, 1.54) is 14.2 Å². The van der Waals surface area contributed by atoms with Gasteiger partial charge in [-0.3, -0.25) is 4.99 Å². The van der Waals surface area contributed by atoms with Gasteiger partial charge in [0.05, 0.1) is 7.11 Å². The Bertz CT molecular complexity index is 209. The summed E-state index contributed by atoms with van der Waals surface area (Å²) in [4.78, 5) is 3.80. The summed E-state index contributed by atoms with van der Waals surface area (Å²) in [5, 5.41) is 0. The van der Waals surface area contributed by atoms with Crippen molar-refractivity contribution in [2.24, 2.45) is 4.99 Å². The van der Waals surface area contributed by atoms with E-state index < -0.39 is 5.69 Å². The molecule has 0 aliphatic heterocycles. The van der Waals surface area contributed by atoms with Crippen molar-refractivity contribution >= 4 is 35.6 Å². The zero-order chi connectivity index (χ0) is 9.61. The van der Waals surface area contributed by atoms with Gasteiger partial charge in [-0.1, -0.05) is 12.2 Å². The molecule has 0 heterocycles. The summed E-state index contributed by atoms with van der Waals surface area (Å²) in [6.45, 7) is 0.196. The average Bonchev–Trinajstić information content (AvgIpc) is 2.06. The summed E-state index contributed by atoms with van der Waals surface area (Å²) >= 11 is 8.89. The van der Waals surface area contributed by atoms with Crippen LogP contribution in [0.4, 0.5) is 0 Å². The average molecular weight is 229 g/mol. The van der Waals surface area contributed by atoms with Gasteiger partial charge in [0.1, 0.15) is 6.61 Å². The number of hydrogen-bond donors (Lipinski definition) is 1. The van der Waals surface area contributed by atoms with E-state index in [0.29, 0.717) is 5.90 Å². The van der Waals surface area contributed by atoms with E-state index in [0.717, 1.165) is 0 Å². The summed E-state index contributed by atoms with van der Waals surface area (Å²) in [6, 6.07) is 0. The predicted molar refractivity (Wildman–Crippen MR) is 56.6 cm³/mol. The lowest BCUT2D eigenvalue weighted by Gasteiger charge is -2.13. The molecule has 0 spiro atoms. The summed E-state index contributed by atoms with van der Waals surface area (Å²) in [7, 11) is 4.58. The Kier molecular flexibility index (Phi) is 6.13. The molecular weight excluding hydrogens is 217 g/mol. The minimum Gasteiger partial charge on any atom is -0.483 e. The van der Waals surface area contributed by atoms with Crippen molar-refractivity contribution in [1.82, 2.24) is 0 Å². The Morgan fingerprint density at radius 2 is 2.17 bits per heavy atom. The van der Waals surface area contributed by atoms with Gasteiger partial charge >= 0.3 is 0 Å². The van der Waals surface area contributed by atoms with E-state index in [2.05, 4.69) is 17.2 Å². The largest absolute Gasteiger partial charge is 0.483 e. The third kappa shape index (κ3) is 5.11. The highest BCUT2D eigenvalue weighted by molar-refractivity contribution is 8.60. The van der Waals surface area contributed by atoms with Crippen LogP contribution in [0.3, 0.4) is 0 Å². The van der Waals surface area contributed by atoms with E-state index in [-0.39, 0.29) is 6.61 Å². The lowest BCUT2D eigenvalue weighted by molar-refractivity contribution is 0.296. The van der Waals surface area contributed by atoms with Crippen molar-refractivity contribution in [1.29, 1.82) is 0 Å². The van der Waals surface area contributed by atoms with Gasteiger partial charge in [0.15, 0.2) is 0 Å². The first-order valence-electron chi connectivity index (χ1n) is 3.08. The first-order valence-corrected chi connectivity index (χ1v) is 6.87. The van der Waals surface area contributed by atoms with Crippen LogP contribution in [0, 0.1) is 0 Å². The second-order valence-corrected chi connectivity index (χ2v) is 7.14. The van der Waals surface area contributed by atoms with Crippen molar-refractivity contribution in [3.8, 4) is 0 Å². The molecule has 0 aromatic rings. The molecule has 0 aromatic heterocycles. The highest BCUT2D eigenvalue weighted by atomic mass is 32.9. The van der Waals surface area contributed by atoms with Gasteiger partial charge < -0.3 is 13.8 Å². The van der Waals surface area contributed by atoms with Crippen LogP contribution in [0.15, 0.2) is 4.99 Å². The van der Waals surface area contributed by atoms with Gasteiger partial charge in [-0.15, -0.1) is 0 Å². The van der Waals surface area contributed by atoms with Crippen LogP contribution >= 0.6 is 17.9 Å². The van der Waals surface area contributed by atoms with Crippen molar-refractivity contribution in [2.45, 2.75) is 0 Å². The molecule has 0 aliphatic rings. The maximum atomic E-state index is 5.13. The molecule has 0 aliphatic carbocycles. The number of hydrogen-bond acceptors (Lipinski definition) is 5. The molecule has 0 saturated heterocycles. The Labute approximate surface area is 82.6 Å². The number of aliphatic imine (C=N–C) groups is 1. The summed E-state index contributed by atoms with van der Waals surface area (Å²) in [5.41, 5.74) is -2.39. The Morgan fingerprint density at radius 1 is 1.58 bits per heavy atom. The lowest BCUT2D eigenvalue weighted by atomic mass is 10.7. The number of thiol groups is 1. The maximum absolute atomic E-state index is 5.13. The highest BCUT2D eigenvalue weighted by Crippen LogP contribution is 2.52. The molecule has 1 unspecified atom stereocenters. The summed E-state index contributed by atoms with van der Waals surface area (Å²) < 4.78 is 14.8. The molecule has 0 fully saturated rings. The smallest absolute Gasteiger partial charge is 0.244 e. The first-order chi connectivity index (χ1) is 5.55. The Morgan fingerprint density at radius 3 is 2.50 bits per heavy atom. The van der Waals surface area contributed by atoms with Crippen LogP contribution in [-0.2, 0) is 25.6 Å². The molecule has 0 N–H and O–H groups in total. The molecule has 1 atom stereocenters. The van der Waals surface area contributed by atoms with E-state index in [4.69, 9.17) is 25.6 Å². The predicted octanol–water partition coefficient (Wildman–Crippen LogP) is 1.48. The molecule has 0 amide bonds. The van der Waals surface area contributed by atoms with Gasteiger partial charge in [-0.2, -0.15) is 0 Å². The third-order valence-electron chi connectivity index (χ3n) is 1.07. The topological polar surface area (TPSA) is 40.0 Å². The summed E-state index contributed by atoms with van der Waals surface area (Å²) in [5.74, 6) is 0.468. The second kappa shape index (κ2) is 5.94. The van der Waals surface area contributed by atoms with Gasteiger partial charge in [0.25, 0.3) is 0 Å². The first kappa shape index (κ1) is 12.4. The molecular formula is C5H12NO3PS2. The molecule has 0 saturated carbocycles. The number of ether oxygens (including phenoxy) is 1. The molecule has 0 rings (SSSR count). The molecule has 12 heavy (non-hydrogen) atoms. The minimum atomic E-state index is -2.39. The zero-order valence-electron chi connectivity index (χ0n) is 7.18. The number of methoxy groups -OCH3 is 1. The molecule has 0 radical (unpaired) electrons. The van der Waals surface area contributed by atoms with Gasteiger partial charge in [0.2, 0.25) is 11.6 Å². The van der Waals surface area contributed by atoms with Crippen LogP contribution in [0.2, 0.25) is 0 Å². The van der Waals surface area contributed by atoms with Crippen molar-refractivity contribution in [3.05, 3.63) is 0 Å². The van der Waals surface area contributed by atoms with Crippen LogP contribution < -0.4 is 0 Å². The quantitative estimate of drug-likeness (QED) is 0.343. The maximum Gasteiger partial charge on any atom is 0.244 e. The molecule has 0 bridgehead atoms. The fourth-order valence-electron chi connectivity index (χ4n) is 0.404. The van der Waals surface area contributed by atoms with E-state index in [1.807, 2.05) is 0 Å². The Hall–Kier alpha value is 0.390. The minimum absolute atomic E-state index is 0.196. The number of rotatable bonds is 4. The fraction of sp³-hybridized carbons (Fsp3) is 0.800. The SMILES string of the molecule is CN=C(COP(=S)(S)OC)OC. The molecule has 4 nitrogen and oxygen atoms in total. The fourth-order valence-corrected chi connectivity index (χ4v) is 1.11. The van der Waals surface area contributed by atoms with Crippen LogP contribution in [0.5, 0.6) is 0 Å². The van der Waals surface area contributed by atoms with E-state index >= 15 is 0 Å². The lowest BCUT2D eigenvalue weighted by Crippen LogP contribution is -2.09. The van der Waals surface area contributed by atoms with Crippen molar-refractivity contribution in [3.63, 3.8) is 0 Å². The molecule has 72 valence electrons. The number of nitrogens with zero attached hydrogens (tertiary/aromatic N) is 1. The monoisotopic (exact) mass is 229 g/mol. The van der Waals surface area contributed by atoms with Crippen molar-refractivity contribution in [2.75, 3.05) is 27.9 Å².